The fourth-order valence-corrected chi connectivity index (χ4v) is 5.15. The first-order chi connectivity index (χ1) is 15.3. The minimum atomic E-state index is -3.64. The topological polar surface area (TPSA) is 105 Å². The molecule has 8 nitrogen and oxygen atoms in total. The minimum absolute atomic E-state index is 0.00422. The normalized spacial score (nSPS) is 15.1. The Morgan fingerprint density at radius 1 is 1.03 bits per heavy atom. The Morgan fingerprint density at radius 2 is 1.69 bits per heavy atom. The number of benzene rings is 2. The summed E-state index contributed by atoms with van der Waals surface area (Å²) in [6.07, 6.45) is 4.92. The van der Waals surface area contributed by atoms with Crippen molar-refractivity contribution in [1.29, 1.82) is 0 Å². The number of aromatic nitrogens is 2. The summed E-state index contributed by atoms with van der Waals surface area (Å²) in [6.45, 7) is 0. The molecule has 1 amide bonds. The Hall–Kier alpha value is -3.11. The molecule has 10 heteroatoms. The van der Waals surface area contributed by atoms with Crippen LogP contribution in [0.2, 0.25) is 0 Å². The third-order valence-corrected chi connectivity index (χ3v) is 7.54. The van der Waals surface area contributed by atoms with E-state index in [0.717, 1.165) is 32.1 Å². The van der Waals surface area contributed by atoms with Crippen LogP contribution in [0.1, 0.15) is 42.5 Å². The quantitative estimate of drug-likeness (QED) is 0.597. The van der Waals surface area contributed by atoms with Gasteiger partial charge in [-0.2, -0.15) is 4.31 Å². The van der Waals surface area contributed by atoms with E-state index in [-0.39, 0.29) is 28.4 Å². The molecule has 1 aromatic heterocycles. The molecular weight excluding hydrogens is 435 g/mol. The molecule has 0 atom stereocenters. The summed E-state index contributed by atoms with van der Waals surface area (Å²) in [7, 11) is -2.02. The molecule has 0 saturated heterocycles. The lowest BCUT2D eigenvalue weighted by Gasteiger charge is -2.30. The molecule has 32 heavy (non-hydrogen) atoms. The van der Waals surface area contributed by atoms with E-state index in [1.54, 1.807) is 7.05 Å². The smallest absolute Gasteiger partial charge is 0.322 e. The van der Waals surface area contributed by atoms with E-state index in [1.165, 1.54) is 52.8 Å². The van der Waals surface area contributed by atoms with E-state index in [9.17, 15) is 17.6 Å². The molecule has 2 aromatic carbocycles. The van der Waals surface area contributed by atoms with E-state index in [0.29, 0.717) is 5.56 Å². The third kappa shape index (κ3) is 4.71. The van der Waals surface area contributed by atoms with E-state index in [2.05, 4.69) is 15.5 Å². The van der Waals surface area contributed by atoms with Gasteiger partial charge in [-0.05, 0) is 61.4 Å². The lowest BCUT2D eigenvalue weighted by atomic mass is 9.96. The van der Waals surface area contributed by atoms with Crippen LogP contribution in [0.15, 0.2) is 57.8 Å². The predicted molar refractivity (Wildman–Crippen MR) is 116 cm³/mol. The second kappa shape index (κ2) is 9.17. The van der Waals surface area contributed by atoms with Crippen LogP contribution >= 0.6 is 0 Å². The van der Waals surface area contributed by atoms with Crippen LogP contribution in [0.3, 0.4) is 0 Å². The zero-order valence-corrected chi connectivity index (χ0v) is 18.3. The van der Waals surface area contributed by atoms with Crippen LogP contribution in [-0.4, -0.2) is 41.9 Å². The van der Waals surface area contributed by atoms with Crippen LogP contribution in [0, 0.1) is 5.82 Å². The molecule has 1 aliphatic rings. The summed E-state index contributed by atoms with van der Waals surface area (Å²) in [5.74, 6) is -0.784. The van der Waals surface area contributed by atoms with Crippen LogP contribution in [0.5, 0.6) is 0 Å². The predicted octanol–water partition coefficient (Wildman–Crippen LogP) is 4.08. The van der Waals surface area contributed by atoms with Crippen molar-refractivity contribution in [2.24, 2.45) is 0 Å². The first kappa shape index (κ1) is 22.1. The Kier molecular flexibility index (Phi) is 6.33. The van der Waals surface area contributed by atoms with Crippen molar-refractivity contribution in [3.63, 3.8) is 0 Å². The molecule has 1 saturated carbocycles. The van der Waals surface area contributed by atoms with Gasteiger partial charge < -0.3 is 4.42 Å². The van der Waals surface area contributed by atoms with Gasteiger partial charge in [0.15, 0.2) is 0 Å². The van der Waals surface area contributed by atoms with Crippen molar-refractivity contribution in [2.75, 3.05) is 12.4 Å². The monoisotopic (exact) mass is 458 g/mol. The summed E-state index contributed by atoms with van der Waals surface area (Å²) >= 11 is 0. The highest BCUT2D eigenvalue weighted by Crippen LogP contribution is 2.27. The molecule has 0 aliphatic heterocycles. The number of nitrogens with zero attached hydrogens (tertiary/aromatic N) is 3. The standard InChI is InChI=1S/C22H23FN4O4S/c1-27(18-5-3-2-4-6-18)32(29,30)19-13-9-15(10-14-19)20(28)24-22-26-25-21(31-22)16-7-11-17(23)12-8-16/h7-14,18H,2-6H2,1H3,(H,24,26,28). The SMILES string of the molecule is CN(C1CCCCC1)S(=O)(=O)c1ccc(C(=O)Nc2nnc(-c3ccc(F)cc3)o2)cc1. The summed E-state index contributed by atoms with van der Waals surface area (Å²) < 4.78 is 45.7. The fraction of sp³-hybridized carbons (Fsp3) is 0.318. The fourth-order valence-electron chi connectivity index (χ4n) is 3.74. The highest BCUT2D eigenvalue weighted by atomic mass is 32.2. The van der Waals surface area contributed by atoms with Gasteiger partial charge >= 0.3 is 6.01 Å². The minimum Gasteiger partial charge on any atom is -0.403 e. The number of rotatable bonds is 6. The second-order valence-corrected chi connectivity index (χ2v) is 9.71. The molecule has 1 fully saturated rings. The van der Waals surface area contributed by atoms with Gasteiger partial charge in [0.1, 0.15) is 5.82 Å². The van der Waals surface area contributed by atoms with Gasteiger partial charge in [0.2, 0.25) is 15.9 Å². The van der Waals surface area contributed by atoms with Crippen LogP contribution in [0.4, 0.5) is 10.4 Å². The van der Waals surface area contributed by atoms with E-state index in [4.69, 9.17) is 4.42 Å². The van der Waals surface area contributed by atoms with Gasteiger partial charge in [0.05, 0.1) is 4.90 Å². The number of nitrogens with one attached hydrogen (secondary N) is 1. The van der Waals surface area contributed by atoms with Gasteiger partial charge in [-0.25, -0.2) is 12.8 Å². The summed E-state index contributed by atoms with van der Waals surface area (Å²) in [6, 6.07) is 11.1. The van der Waals surface area contributed by atoms with Crippen molar-refractivity contribution in [2.45, 2.75) is 43.0 Å². The maximum atomic E-state index is 13.0. The van der Waals surface area contributed by atoms with E-state index in [1.807, 2.05) is 0 Å². The lowest BCUT2D eigenvalue weighted by molar-refractivity contribution is 0.102. The van der Waals surface area contributed by atoms with Crippen molar-refractivity contribution in [1.82, 2.24) is 14.5 Å². The maximum Gasteiger partial charge on any atom is 0.322 e. The number of anilines is 1. The number of halogens is 1. The Morgan fingerprint density at radius 3 is 2.34 bits per heavy atom. The Balaban J connectivity index is 1.43. The number of amides is 1. The lowest BCUT2D eigenvalue weighted by Crippen LogP contribution is -2.38. The molecule has 0 unspecified atom stereocenters. The van der Waals surface area contributed by atoms with Crippen molar-refractivity contribution >= 4 is 21.9 Å². The third-order valence-electron chi connectivity index (χ3n) is 5.62. The number of hydrogen-bond donors (Lipinski definition) is 1. The number of hydrogen-bond acceptors (Lipinski definition) is 6. The van der Waals surface area contributed by atoms with Crippen LogP contribution < -0.4 is 5.32 Å². The van der Waals surface area contributed by atoms with E-state index < -0.39 is 21.7 Å². The molecule has 3 aromatic rings. The van der Waals surface area contributed by atoms with Crippen LogP contribution in [0.25, 0.3) is 11.5 Å². The highest BCUT2D eigenvalue weighted by Gasteiger charge is 2.29. The Labute approximate surface area is 185 Å². The number of sulfonamides is 1. The summed E-state index contributed by atoms with van der Waals surface area (Å²) in [5, 5.41) is 10.1. The van der Waals surface area contributed by atoms with Crippen molar-refractivity contribution in [3.05, 3.63) is 59.9 Å². The molecule has 1 aliphatic carbocycles. The molecule has 4 rings (SSSR count). The molecular formula is C22H23FN4O4S. The zero-order valence-electron chi connectivity index (χ0n) is 17.5. The highest BCUT2D eigenvalue weighted by molar-refractivity contribution is 7.89. The molecule has 1 heterocycles. The average Bonchev–Trinajstić information content (AvgIpc) is 3.28. The molecule has 0 radical (unpaired) electrons. The largest absolute Gasteiger partial charge is 0.403 e. The Bertz CT molecular complexity index is 1190. The number of carbonyl (C=O) groups is 1. The van der Waals surface area contributed by atoms with Gasteiger partial charge in [0.25, 0.3) is 5.91 Å². The first-order valence-electron chi connectivity index (χ1n) is 10.3. The molecule has 168 valence electrons. The molecule has 0 spiro atoms. The second-order valence-electron chi connectivity index (χ2n) is 7.71. The molecule has 1 N–H and O–H groups in total. The van der Waals surface area contributed by atoms with Gasteiger partial charge in [0, 0.05) is 24.2 Å². The first-order valence-corrected chi connectivity index (χ1v) is 11.8. The van der Waals surface area contributed by atoms with Crippen LogP contribution in [-0.2, 0) is 10.0 Å². The number of carbonyl (C=O) groups excluding carboxylic acids is 1. The average molecular weight is 459 g/mol. The summed E-state index contributed by atoms with van der Waals surface area (Å²) in [5.41, 5.74) is 0.752. The van der Waals surface area contributed by atoms with Gasteiger partial charge in [-0.1, -0.05) is 24.4 Å². The zero-order chi connectivity index (χ0) is 22.7. The maximum absolute atomic E-state index is 13.0. The van der Waals surface area contributed by atoms with E-state index >= 15 is 0 Å². The van der Waals surface area contributed by atoms with Gasteiger partial charge in [-0.3, -0.25) is 10.1 Å². The summed E-state index contributed by atoms with van der Waals surface area (Å²) in [4.78, 5) is 12.6. The van der Waals surface area contributed by atoms with Gasteiger partial charge in [-0.15, -0.1) is 5.10 Å². The van der Waals surface area contributed by atoms with Crippen molar-refractivity contribution in [3.8, 4) is 11.5 Å². The molecule has 0 bridgehead atoms. The van der Waals surface area contributed by atoms with Crippen molar-refractivity contribution < 1.29 is 22.0 Å².